The fourth-order valence-electron chi connectivity index (χ4n) is 1.08. The quantitative estimate of drug-likeness (QED) is 0.570. The minimum Gasteiger partial charge on any atom is -0.506 e. The van der Waals surface area contributed by atoms with E-state index in [1.54, 1.807) is 0 Å². The van der Waals surface area contributed by atoms with Gasteiger partial charge in [-0.3, -0.25) is 4.79 Å². The normalized spacial score (nSPS) is 11.1. The van der Waals surface area contributed by atoms with Crippen LogP contribution in [0.5, 0.6) is 5.75 Å². The Morgan fingerprint density at radius 2 is 2.06 bits per heavy atom. The maximum absolute atomic E-state index is 11.5. The molecule has 1 aromatic rings. The number of carbonyl (C=O) groups excluding carboxylic acids is 1. The van der Waals surface area contributed by atoms with Crippen LogP contribution in [-0.2, 0) is 9.59 Å². The molecule has 0 aliphatic carbocycles. The van der Waals surface area contributed by atoms with Crippen LogP contribution in [0.1, 0.15) is 6.92 Å². The van der Waals surface area contributed by atoms with E-state index in [2.05, 4.69) is 5.32 Å². The van der Waals surface area contributed by atoms with Crippen LogP contribution in [0.25, 0.3) is 0 Å². The third kappa shape index (κ3) is 3.81. The van der Waals surface area contributed by atoms with Gasteiger partial charge in [-0.15, -0.1) is 0 Å². The first-order chi connectivity index (χ1) is 7.90. The number of anilines is 1. The van der Waals surface area contributed by atoms with Gasteiger partial charge in [0.1, 0.15) is 5.75 Å². The fraction of sp³-hybridized carbons (Fsp3) is 0.0909. The van der Waals surface area contributed by atoms with Gasteiger partial charge in [-0.05, 0) is 25.1 Å². The number of benzene rings is 1. The van der Waals surface area contributed by atoms with E-state index in [0.717, 1.165) is 6.08 Å². The predicted octanol–water partition coefficient (Wildman–Crippen LogP) is 2.02. The summed E-state index contributed by atoms with van der Waals surface area (Å²) in [5.74, 6) is -1.98. The lowest BCUT2D eigenvalue weighted by atomic mass is 10.2. The van der Waals surface area contributed by atoms with Crippen molar-refractivity contribution in [1.29, 1.82) is 0 Å². The summed E-state index contributed by atoms with van der Waals surface area (Å²) in [7, 11) is 0. The molecule has 0 aliphatic heterocycles. The summed E-state index contributed by atoms with van der Waals surface area (Å²) in [6, 6.07) is 4.16. The van der Waals surface area contributed by atoms with E-state index < -0.39 is 11.9 Å². The summed E-state index contributed by atoms with van der Waals surface area (Å²) >= 11 is 5.69. The first-order valence-corrected chi connectivity index (χ1v) is 4.99. The number of phenolic OH excluding ortho intramolecular Hbond substituents is 1. The number of nitrogens with one attached hydrogen (secondary N) is 1. The summed E-state index contributed by atoms with van der Waals surface area (Å²) in [4.78, 5) is 21.9. The lowest BCUT2D eigenvalue weighted by Gasteiger charge is -2.07. The number of aliphatic carboxylic acids is 1. The molecule has 6 heteroatoms. The Morgan fingerprint density at radius 3 is 2.65 bits per heavy atom. The Bertz CT molecular complexity index is 496. The van der Waals surface area contributed by atoms with Gasteiger partial charge in [0.25, 0.3) is 5.91 Å². The fourth-order valence-corrected chi connectivity index (χ4v) is 1.25. The van der Waals surface area contributed by atoms with Gasteiger partial charge >= 0.3 is 5.97 Å². The summed E-state index contributed by atoms with van der Waals surface area (Å²) in [6.45, 7) is 1.35. The highest BCUT2D eigenvalue weighted by Crippen LogP contribution is 2.26. The van der Waals surface area contributed by atoms with Crippen molar-refractivity contribution in [2.75, 3.05) is 5.32 Å². The van der Waals surface area contributed by atoms with E-state index in [1.807, 2.05) is 0 Å². The number of aromatic hydroxyl groups is 1. The van der Waals surface area contributed by atoms with E-state index in [1.165, 1.54) is 25.1 Å². The van der Waals surface area contributed by atoms with Gasteiger partial charge in [-0.2, -0.15) is 0 Å². The topological polar surface area (TPSA) is 86.6 Å². The standard InChI is InChI=1S/C11H10ClNO4/c1-6(4-10(15)16)11(17)13-8-5-7(12)2-3-9(8)14/h2-5,14H,1H3,(H,13,17)(H,15,16)/b6-4+. The van der Waals surface area contributed by atoms with Crippen molar-refractivity contribution in [3.63, 3.8) is 0 Å². The van der Waals surface area contributed by atoms with Gasteiger partial charge in [0.05, 0.1) is 5.69 Å². The molecular formula is C11H10ClNO4. The largest absolute Gasteiger partial charge is 0.506 e. The number of carboxylic acids is 1. The third-order valence-corrected chi connectivity index (χ3v) is 2.14. The van der Waals surface area contributed by atoms with Crippen LogP contribution >= 0.6 is 11.6 Å². The molecule has 3 N–H and O–H groups in total. The SMILES string of the molecule is C/C(=C\C(=O)O)C(=O)Nc1cc(Cl)ccc1O. The zero-order chi connectivity index (χ0) is 13.0. The van der Waals surface area contributed by atoms with Crippen molar-refractivity contribution >= 4 is 29.2 Å². The molecule has 0 bridgehead atoms. The van der Waals surface area contributed by atoms with Gasteiger partial charge in [0.15, 0.2) is 0 Å². The van der Waals surface area contributed by atoms with Crippen molar-refractivity contribution in [2.45, 2.75) is 6.92 Å². The van der Waals surface area contributed by atoms with Crippen molar-refractivity contribution in [3.8, 4) is 5.75 Å². The highest BCUT2D eigenvalue weighted by atomic mass is 35.5. The van der Waals surface area contributed by atoms with E-state index >= 15 is 0 Å². The molecule has 1 aromatic carbocycles. The first-order valence-electron chi connectivity index (χ1n) is 4.61. The van der Waals surface area contributed by atoms with Crippen LogP contribution in [-0.4, -0.2) is 22.1 Å². The second-order valence-electron chi connectivity index (χ2n) is 3.28. The number of carboxylic acid groups (broad SMARTS) is 1. The second-order valence-corrected chi connectivity index (χ2v) is 3.72. The third-order valence-electron chi connectivity index (χ3n) is 1.90. The molecule has 0 heterocycles. The van der Waals surface area contributed by atoms with Crippen LogP contribution in [0.4, 0.5) is 5.69 Å². The average Bonchev–Trinajstić information content (AvgIpc) is 2.22. The van der Waals surface area contributed by atoms with Crippen LogP contribution in [0, 0.1) is 0 Å². The average molecular weight is 256 g/mol. The molecule has 0 spiro atoms. The molecule has 0 aromatic heterocycles. The van der Waals surface area contributed by atoms with E-state index in [-0.39, 0.29) is 17.0 Å². The predicted molar refractivity (Wildman–Crippen MR) is 63.1 cm³/mol. The maximum atomic E-state index is 11.5. The lowest BCUT2D eigenvalue weighted by Crippen LogP contribution is -2.13. The molecule has 0 saturated carbocycles. The number of halogens is 1. The smallest absolute Gasteiger partial charge is 0.328 e. The van der Waals surface area contributed by atoms with Gasteiger partial charge in [0.2, 0.25) is 0 Å². The zero-order valence-electron chi connectivity index (χ0n) is 8.90. The first kappa shape index (κ1) is 13.1. The minimum atomic E-state index is -1.21. The number of hydrogen-bond donors (Lipinski definition) is 3. The molecule has 1 amide bonds. The van der Waals surface area contributed by atoms with E-state index in [9.17, 15) is 14.7 Å². The minimum absolute atomic E-state index is 0.0110. The Labute approximate surface area is 102 Å². The molecule has 0 radical (unpaired) electrons. The summed E-state index contributed by atoms with van der Waals surface area (Å²) in [6.07, 6.45) is 0.775. The second kappa shape index (κ2) is 5.36. The molecular weight excluding hydrogens is 246 g/mol. The molecule has 17 heavy (non-hydrogen) atoms. The van der Waals surface area contributed by atoms with Crippen LogP contribution in [0.15, 0.2) is 29.8 Å². The Balaban J connectivity index is 2.88. The Morgan fingerprint density at radius 1 is 1.41 bits per heavy atom. The summed E-state index contributed by atoms with van der Waals surface area (Å²) in [5, 5.41) is 20.6. The number of hydrogen-bond acceptors (Lipinski definition) is 3. The number of rotatable bonds is 3. The van der Waals surface area contributed by atoms with Crippen molar-refractivity contribution in [1.82, 2.24) is 0 Å². The molecule has 5 nitrogen and oxygen atoms in total. The molecule has 0 fully saturated rings. The lowest BCUT2D eigenvalue weighted by molar-refractivity contribution is -0.131. The van der Waals surface area contributed by atoms with Gasteiger partial charge in [-0.1, -0.05) is 11.6 Å². The Kier molecular flexibility index (Phi) is 4.12. The van der Waals surface area contributed by atoms with Crippen LogP contribution < -0.4 is 5.32 Å². The van der Waals surface area contributed by atoms with Crippen molar-refractivity contribution < 1.29 is 19.8 Å². The van der Waals surface area contributed by atoms with Gasteiger partial charge < -0.3 is 15.5 Å². The molecule has 1 rings (SSSR count). The number of amides is 1. The zero-order valence-corrected chi connectivity index (χ0v) is 9.65. The number of carbonyl (C=O) groups is 2. The maximum Gasteiger partial charge on any atom is 0.328 e. The van der Waals surface area contributed by atoms with Crippen molar-refractivity contribution in [3.05, 3.63) is 34.9 Å². The van der Waals surface area contributed by atoms with Crippen molar-refractivity contribution in [2.24, 2.45) is 0 Å². The highest BCUT2D eigenvalue weighted by Gasteiger charge is 2.09. The highest BCUT2D eigenvalue weighted by molar-refractivity contribution is 6.31. The molecule has 0 saturated heterocycles. The van der Waals surface area contributed by atoms with Crippen LogP contribution in [0.2, 0.25) is 5.02 Å². The van der Waals surface area contributed by atoms with Crippen LogP contribution in [0.3, 0.4) is 0 Å². The van der Waals surface area contributed by atoms with Gasteiger partial charge in [0, 0.05) is 16.7 Å². The summed E-state index contributed by atoms with van der Waals surface area (Å²) in [5.41, 5.74) is 0.137. The molecule has 0 aliphatic rings. The Hall–Kier alpha value is -2.01. The van der Waals surface area contributed by atoms with E-state index in [0.29, 0.717) is 5.02 Å². The molecule has 90 valence electrons. The summed E-state index contributed by atoms with van der Waals surface area (Å²) < 4.78 is 0. The monoisotopic (exact) mass is 255 g/mol. The molecule has 0 atom stereocenters. The van der Waals surface area contributed by atoms with Gasteiger partial charge in [-0.25, -0.2) is 4.79 Å². The van der Waals surface area contributed by atoms with E-state index in [4.69, 9.17) is 16.7 Å². The number of phenols is 1. The molecule has 0 unspecified atom stereocenters.